The molecule has 0 aliphatic rings. The summed E-state index contributed by atoms with van der Waals surface area (Å²) in [4.78, 5) is 4.23. The first-order valence-electron chi connectivity index (χ1n) is 6.52. The van der Waals surface area contributed by atoms with Crippen LogP contribution in [0.5, 0.6) is 5.75 Å². The SMILES string of the molecule is CCCc1nc(COc2ccc(Br)cc2C(C)O)no1. The summed E-state index contributed by atoms with van der Waals surface area (Å²) in [7, 11) is 0. The molecule has 0 saturated heterocycles. The van der Waals surface area contributed by atoms with E-state index in [0.29, 0.717) is 17.5 Å². The number of nitrogens with zero attached hydrogens (tertiary/aromatic N) is 2. The number of ether oxygens (including phenoxy) is 1. The van der Waals surface area contributed by atoms with Crippen molar-refractivity contribution in [1.29, 1.82) is 0 Å². The number of aromatic nitrogens is 2. The molecule has 0 radical (unpaired) electrons. The molecule has 0 aliphatic carbocycles. The lowest BCUT2D eigenvalue weighted by molar-refractivity contribution is 0.189. The minimum absolute atomic E-state index is 0.217. The van der Waals surface area contributed by atoms with Gasteiger partial charge in [-0.25, -0.2) is 0 Å². The van der Waals surface area contributed by atoms with E-state index in [1.807, 2.05) is 12.1 Å². The zero-order chi connectivity index (χ0) is 14.5. The Hall–Kier alpha value is -1.40. The van der Waals surface area contributed by atoms with Crippen LogP contribution >= 0.6 is 15.9 Å². The minimum atomic E-state index is -0.608. The van der Waals surface area contributed by atoms with Crippen LogP contribution in [-0.2, 0) is 13.0 Å². The standard InChI is InChI=1S/C14H17BrN2O3/c1-3-4-14-16-13(17-20-14)8-19-12-6-5-10(15)7-11(12)9(2)18/h5-7,9,18H,3-4,8H2,1-2H3. The molecule has 1 aromatic carbocycles. The zero-order valence-corrected chi connectivity index (χ0v) is 13.1. The fraction of sp³-hybridized carbons (Fsp3) is 0.429. The molecule has 0 spiro atoms. The van der Waals surface area contributed by atoms with E-state index < -0.39 is 6.10 Å². The quantitative estimate of drug-likeness (QED) is 0.872. The van der Waals surface area contributed by atoms with E-state index in [2.05, 4.69) is 33.0 Å². The summed E-state index contributed by atoms with van der Waals surface area (Å²) in [6.07, 6.45) is 1.12. The van der Waals surface area contributed by atoms with Gasteiger partial charge in [-0.2, -0.15) is 4.98 Å². The molecular weight excluding hydrogens is 324 g/mol. The first-order chi connectivity index (χ1) is 9.60. The third kappa shape index (κ3) is 3.80. The summed E-state index contributed by atoms with van der Waals surface area (Å²) in [6.45, 7) is 3.97. The maximum Gasteiger partial charge on any atom is 0.226 e. The second kappa shape index (κ2) is 6.85. The average molecular weight is 341 g/mol. The van der Waals surface area contributed by atoms with Gasteiger partial charge in [0.1, 0.15) is 5.75 Å². The van der Waals surface area contributed by atoms with Crippen molar-refractivity contribution >= 4 is 15.9 Å². The number of benzene rings is 1. The Bertz CT molecular complexity index is 569. The smallest absolute Gasteiger partial charge is 0.226 e. The van der Waals surface area contributed by atoms with E-state index in [-0.39, 0.29) is 6.61 Å². The van der Waals surface area contributed by atoms with Gasteiger partial charge in [0.05, 0.1) is 6.10 Å². The number of aliphatic hydroxyl groups excluding tert-OH is 1. The van der Waals surface area contributed by atoms with Crippen LogP contribution in [0.25, 0.3) is 0 Å². The highest BCUT2D eigenvalue weighted by atomic mass is 79.9. The van der Waals surface area contributed by atoms with E-state index in [1.54, 1.807) is 13.0 Å². The molecule has 0 aliphatic heterocycles. The highest BCUT2D eigenvalue weighted by Crippen LogP contribution is 2.28. The second-order valence-electron chi connectivity index (χ2n) is 4.50. The number of aryl methyl sites for hydroxylation is 1. The fourth-order valence-corrected chi connectivity index (χ4v) is 2.16. The van der Waals surface area contributed by atoms with Crippen molar-refractivity contribution in [2.45, 2.75) is 39.4 Å². The molecule has 0 amide bonds. The van der Waals surface area contributed by atoms with E-state index in [1.165, 1.54) is 0 Å². The van der Waals surface area contributed by atoms with Crippen molar-refractivity contribution in [3.05, 3.63) is 40.0 Å². The topological polar surface area (TPSA) is 68.4 Å². The molecule has 0 fully saturated rings. The van der Waals surface area contributed by atoms with Crippen molar-refractivity contribution in [1.82, 2.24) is 10.1 Å². The van der Waals surface area contributed by atoms with E-state index in [0.717, 1.165) is 22.9 Å². The first-order valence-corrected chi connectivity index (χ1v) is 7.31. The lowest BCUT2D eigenvalue weighted by atomic mass is 10.1. The van der Waals surface area contributed by atoms with Gasteiger partial charge in [0.15, 0.2) is 6.61 Å². The number of rotatable bonds is 6. The Labute approximate surface area is 126 Å². The zero-order valence-electron chi connectivity index (χ0n) is 11.5. The summed E-state index contributed by atoms with van der Waals surface area (Å²) < 4.78 is 11.7. The van der Waals surface area contributed by atoms with Crippen LogP contribution in [-0.4, -0.2) is 15.2 Å². The molecule has 2 rings (SSSR count). The lowest BCUT2D eigenvalue weighted by Gasteiger charge is -2.12. The molecule has 5 nitrogen and oxygen atoms in total. The Morgan fingerprint density at radius 3 is 2.95 bits per heavy atom. The van der Waals surface area contributed by atoms with Crippen LogP contribution in [0, 0.1) is 0 Å². The highest BCUT2D eigenvalue weighted by molar-refractivity contribution is 9.10. The lowest BCUT2D eigenvalue weighted by Crippen LogP contribution is -2.02. The summed E-state index contributed by atoms with van der Waals surface area (Å²) in [5, 5.41) is 13.6. The molecule has 1 heterocycles. The molecule has 0 bridgehead atoms. The predicted octanol–water partition coefficient (Wildman–Crippen LogP) is 3.42. The van der Waals surface area contributed by atoms with Crippen LogP contribution in [0.2, 0.25) is 0 Å². The van der Waals surface area contributed by atoms with Crippen LogP contribution in [0.1, 0.15) is 43.7 Å². The van der Waals surface area contributed by atoms with Gasteiger partial charge in [-0.05, 0) is 31.5 Å². The van der Waals surface area contributed by atoms with Gasteiger partial charge >= 0.3 is 0 Å². The van der Waals surface area contributed by atoms with Crippen molar-refractivity contribution in [2.24, 2.45) is 0 Å². The molecule has 1 unspecified atom stereocenters. The number of halogens is 1. The molecule has 1 N–H and O–H groups in total. The third-order valence-electron chi connectivity index (χ3n) is 2.75. The van der Waals surface area contributed by atoms with Crippen molar-refractivity contribution in [2.75, 3.05) is 0 Å². The van der Waals surface area contributed by atoms with Crippen LogP contribution < -0.4 is 4.74 Å². The molecule has 1 aromatic heterocycles. The fourth-order valence-electron chi connectivity index (χ4n) is 1.78. The third-order valence-corrected chi connectivity index (χ3v) is 3.25. The second-order valence-corrected chi connectivity index (χ2v) is 5.42. The van der Waals surface area contributed by atoms with E-state index in [9.17, 15) is 5.11 Å². The molecule has 2 aromatic rings. The molecule has 20 heavy (non-hydrogen) atoms. The van der Waals surface area contributed by atoms with Gasteiger partial charge in [0.2, 0.25) is 11.7 Å². The average Bonchev–Trinajstić information content (AvgIpc) is 2.85. The van der Waals surface area contributed by atoms with Crippen LogP contribution in [0.15, 0.2) is 27.2 Å². The van der Waals surface area contributed by atoms with Crippen molar-refractivity contribution < 1.29 is 14.4 Å². The van der Waals surface area contributed by atoms with Gasteiger partial charge in [-0.1, -0.05) is 28.0 Å². The van der Waals surface area contributed by atoms with Gasteiger partial charge in [-0.15, -0.1) is 0 Å². The van der Waals surface area contributed by atoms with Gasteiger partial charge in [-0.3, -0.25) is 0 Å². The Morgan fingerprint density at radius 2 is 2.25 bits per heavy atom. The molecule has 6 heteroatoms. The number of hydrogen-bond acceptors (Lipinski definition) is 5. The normalized spacial score (nSPS) is 12.4. The van der Waals surface area contributed by atoms with Crippen LogP contribution in [0.4, 0.5) is 0 Å². The highest BCUT2D eigenvalue weighted by Gasteiger charge is 2.12. The summed E-state index contributed by atoms with van der Waals surface area (Å²) in [5.74, 6) is 1.75. The first kappa shape index (κ1) is 15.0. The molecule has 1 atom stereocenters. The van der Waals surface area contributed by atoms with Gasteiger partial charge in [0.25, 0.3) is 0 Å². The van der Waals surface area contributed by atoms with Crippen molar-refractivity contribution in [3.63, 3.8) is 0 Å². The Balaban J connectivity index is 2.06. The summed E-state index contributed by atoms with van der Waals surface area (Å²) >= 11 is 3.37. The number of aliphatic hydroxyl groups is 1. The molecule has 0 saturated carbocycles. The van der Waals surface area contributed by atoms with Crippen molar-refractivity contribution in [3.8, 4) is 5.75 Å². The number of hydrogen-bond donors (Lipinski definition) is 1. The minimum Gasteiger partial charge on any atom is -0.485 e. The molecule has 108 valence electrons. The largest absolute Gasteiger partial charge is 0.485 e. The summed E-state index contributed by atoms with van der Waals surface area (Å²) in [5.41, 5.74) is 0.719. The molecular formula is C14H17BrN2O3. The predicted molar refractivity (Wildman–Crippen MR) is 77.4 cm³/mol. The van der Waals surface area contributed by atoms with Gasteiger partial charge in [0, 0.05) is 16.5 Å². The Kier molecular flexibility index (Phi) is 5.14. The maximum atomic E-state index is 9.75. The van der Waals surface area contributed by atoms with Crippen LogP contribution in [0.3, 0.4) is 0 Å². The Morgan fingerprint density at radius 1 is 1.45 bits per heavy atom. The van der Waals surface area contributed by atoms with Gasteiger partial charge < -0.3 is 14.4 Å². The monoisotopic (exact) mass is 340 g/mol. The van der Waals surface area contributed by atoms with E-state index in [4.69, 9.17) is 9.26 Å². The van der Waals surface area contributed by atoms with E-state index >= 15 is 0 Å². The summed E-state index contributed by atoms with van der Waals surface area (Å²) in [6, 6.07) is 5.50. The maximum absolute atomic E-state index is 9.75.